The Morgan fingerprint density at radius 2 is 2.03 bits per heavy atom. The standard InChI is InChI=1S/C22H23F2N3O4/c23-17-7-6-13(11-18(17)24)26-21(28)16-5-1-4-15-19(8-10-30-20(15)16)27-22(29)31-12-14-3-2-9-25-14/h1,4-7,11,14,19,25H,2-3,8-10,12H2,(H,26,28)(H,27,29)/t14?,19-/m0/s1. The van der Waals surface area contributed by atoms with Crippen LogP contribution in [0.1, 0.15) is 41.2 Å². The van der Waals surface area contributed by atoms with Gasteiger partial charge in [-0.25, -0.2) is 13.6 Å². The summed E-state index contributed by atoms with van der Waals surface area (Å²) in [6, 6.07) is 7.94. The topological polar surface area (TPSA) is 88.7 Å². The van der Waals surface area contributed by atoms with Gasteiger partial charge in [-0.05, 0) is 37.6 Å². The predicted octanol–water partition coefficient (Wildman–Crippen LogP) is 3.52. The van der Waals surface area contributed by atoms with E-state index in [1.807, 2.05) is 0 Å². The summed E-state index contributed by atoms with van der Waals surface area (Å²) in [6.07, 6.45) is 2.04. The molecular formula is C22H23F2N3O4. The Balaban J connectivity index is 1.45. The number of carbonyl (C=O) groups is 2. The molecule has 0 radical (unpaired) electrons. The molecule has 1 saturated heterocycles. The van der Waals surface area contributed by atoms with Crippen LogP contribution >= 0.6 is 0 Å². The molecule has 7 nitrogen and oxygen atoms in total. The van der Waals surface area contributed by atoms with E-state index in [1.54, 1.807) is 18.2 Å². The number of anilines is 1. The van der Waals surface area contributed by atoms with Crippen LogP contribution in [0.15, 0.2) is 36.4 Å². The number of amides is 2. The van der Waals surface area contributed by atoms with Gasteiger partial charge in [-0.1, -0.05) is 12.1 Å². The summed E-state index contributed by atoms with van der Waals surface area (Å²) in [5.74, 6) is -2.24. The Labute approximate surface area is 178 Å². The molecule has 4 rings (SSSR count). The molecule has 2 aliphatic rings. The Bertz CT molecular complexity index is 979. The average molecular weight is 431 g/mol. The SMILES string of the molecule is O=C(N[C@H]1CCOc2c(C(=O)Nc3ccc(F)c(F)c3)cccc21)OCC1CCCN1. The number of hydrogen-bond donors (Lipinski definition) is 3. The fraction of sp³-hybridized carbons (Fsp3) is 0.364. The second-order valence-corrected chi connectivity index (χ2v) is 7.53. The van der Waals surface area contributed by atoms with E-state index in [2.05, 4.69) is 16.0 Å². The number of rotatable bonds is 5. The minimum Gasteiger partial charge on any atom is -0.492 e. The summed E-state index contributed by atoms with van der Waals surface area (Å²) in [5, 5.41) is 8.64. The van der Waals surface area contributed by atoms with Crippen LogP contribution in [0, 0.1) is 11.6 Å². The van der Waals surface area contributed by atoms with E-state index in [9.17, 15) is 18.4 Å². The molecule has 31 heavy (non-hydrogen) atoms. The minimum atomic E-state index is -1.06. The van der Waals surface area contributed by atoms with E-state index in [-0.39, 0.29) is 23.3 Å². The number of nitrogens with one attached hydrogen (secondary N) is 3. The lowest BCUT2D eigenvalue weighted by atomic mass is 9.97. The number of carbonyl (C=O) groups excluding carboxylic acids is 2. The maximum Gasteiger partial charge on any atom is 0.407 e. The van der Waals surface area contributed by atoms with Crippen molar-refractivity contribution in [2.24, 2.45) is 0 Å². The number of alkyl carbamates (subject to hydrolysis) is 1. The zero-order valence-corrected chi connectivity index (χ0v) is 16.8. The molecule has 2 aromatic rings. The Hall–Kier alpha value is -3.20. The second-order valence-electron chi connectivity index (χ2n) is 7.53. The molecule has 1 unspecified atom stereocenters. The lowest BCUT2D eigenvalue weighted by Crippen LogP contribution is -2.36. The minimum absolute atomic E-state index is 0.121. The number of halogens is 2. The van der Waals surface area contributed by atoms with Crippen LogP contribution < -0.4 is 20.7 Å². The first-order valence-corrected chi connectivity index (χ1v) is 10.2. The van der Waals surface area contributed by atoms with Crippen LogP contribution in [-0.4, -0.2) is 37.8 Å². The third kappa shape index (κ3) is 4.93. The van der Waals surface area contributed by atoms with E-state index < -0.39 is 23.6 Å². The summed E-state index contributed by atoms with van der Waals surface area (Å²) >= 11 is 0. The van der Waals surface area contributed by atoms with Crippen molar-refractivity contribution in [2.45, 2.75) is 31.3 Å². The average Bonchev–Trinajstić information content (AvgIpc) is 3.28. The quantitative estimate of drug-likeness (QED) is 0.674. The van der Waals surface area contributed by atoms with Crippen LogP contribution in [-0.2, 0) is 4.74 Å². The molecule has 164 valence electrons. The van der Waals surface area contributed by atoms with Gasteiger partial charge in [0.05, 0.1) is 18.2 Å². The van der Waals surface area contributed by atoms with Crippen LogP contribution in [0.4, 0.5) is 19.3 Å². The van der Waals surface area contributed by atoms with Crippen LogP contribution in [0.3, 0.4) is 0 Å². The molecule has 0 spiro atoms. The summed E-state index contributed by atoms with van der Waals surface area (Å²) in [7, 11) is 0. The third-order valence-electron chi connectivity index (χ3n) is 5.37. The maximum absolute atomic E-state index is 13.4. The van der Waals surface area contributed by atoms with Gasteiger partial charge in [0.2, 0.25) is 0 Å². The molecule has 0 saturated carbocycles. The lowest BCUT2D eigenvalue weighted by molar-refractivity contribution is 0.102. The highest BCUT2D eigenvalue weighted by molar-refractivity contribution is 6.06. The van der Waals surface area contributed by atoms with Crippen LogP contribution in [0.2, 0.25) is 0 Å². The Morgan fingerprint density at radius 1 is 1.16 bits per heavy atom. The molecule has 0 aromatic heterocycles. The molecule has 0 bridgehead atoms. The van der Waals surface area contributed by atoms with Crippen molar-refractivity contribution in [2.75, 3.05) is 25.1 Å². The van der Waals surface area contributed by atoms with Crippen LogP contribution in [0.25, 0.3) is 0 Å². The van der Waals surface area contributed by atoms with Gasteiger partial charge in [-0.3, -0.25) is 4.79 Å². The van der Waals surface area contributed by atoms with Crippen molar-refractivity contribution in [1.29, 1.82) is 0 Å². The first kappa shape index (κ1) is 21.0. The van der Waals surface area contributed by atoms with E-state index in [4.69, 9.17) is 9.47 Å². The smallest absolute Gasteiger partial charge is 0.407 e. The first-order chi connectivity index (χ1) is 15.0. The van der Waals surface area contributed by atoms with Crippen molar-refractivity contribution in [3.63, 3.8) is 0 Å². The summed E-state index contributed by atoms with van der Waals surface area (Å²) < 4.78 is 37.6. The normalized spacial score (nSPS) is 19.8. The number of ether oxygens (including phenoxy) is 2. The molecule has 9 heteroatoms. The molecule has 2 atom stereocenters. The zero-order chi connectivity index (χ0) is 21.8. The Morgan fingerprint density at radius 3 is 2.81 bits per heavy atom. The van der Waals surface area contributed by atoms with Gasteiger partial charge in [-0.15, -0.1) is 0 Å². The number of benzene rings is 2. The fourth-order valence-electron chi connectivity index (χ4n) is 3.78. The zero-order valence-electron chi connectivity index (χ0n) is 16.8. The van der Waals surface area contributed by atoms with E-state index >= 15 is 0 Å². The highest BCUT2D eigenvalue weighted by Gasteiger charge is 2.28. The largest absolute Gasteiger partial charge is 0.492 e. The van der Waals surface area contributed by atoms with Gasteiger partial charge in [0.25, 0.3) is 5.91 Å². The summed E-state index contributed by atoms with van der Waals surface area (Å²) in [6.45, 7) is 1.54. The van der Waals surface area contributed by atoms with E-state index in [0.29, 0.717) is 30.9 Å². The third-order valence-corrected chi connectivity index (χ3v) is 5.37. The van der Waals surface area contributed by atoms with Crippen LogP contribution in [0.5, 0.6) is 5.75 Å². The molecular weight excluding hydrogens is 408 g/mol. The number of para-hydroxylation sites is 1. The maximum atomic E-state index is 13.4. The fourth-order valence-corrected chi connectivity index (χ4v) is 3.78. The van der Waals surface area contributed by atoms with Gasteiger partial charge in [0.1, 0.15) is 12.4 Å². The van der Waals surface area contributed by atoms with Gasteiger partial charge < -0.3 is 25.4 Å². The second kappa shape index (κ2) is 9.30. The molecule has 2 aromatic carbocycles. The van der Waals surface area contributed by atoms with Crippen molar-refractivity contribution < 1.29 is 27.8 Å². The number of hydrogen-bond acceptors (Lipinski definition) is 5. The van der Waals surface area contributed by atoms with Crippen molar-refractivity contribution in [3.05, 3.63) is 59.2 Å². The summed E-state index contributed by atoms with van der Waals surface area (Å²) in [5.41, 5.74) is 1.01. The summed E-state index contributed by atoms with van der Waals surface area (Å²) in [4.78, 5) is 25.0. The van der Waals surface area contributed by atoms with Gasteiger partial charge >= 0.3 is 6.09 Å². The van der Waals surface area contributed by atoms with Gasteiger partial charge in [-0.2, -0.15) is 0 Å². The van der Waals surface area contributed by atoms with Crippen molar-refractivity contribution in [3.8, 4) is 5.75 Å². The highest BCUT2D eigenvalue weighted by Crippen LogP contribution is 2.35. The Kier molecular flexibility index (Phi) is 6.31. The monoisotopic (exact) mass is 431 g/mol. The van der Waals surface area contributed by atoms with Gasteiger partial charge in [0, 0.05) is 29.8 Å². The molecule has 2 heterocycles. The lowest BCUT2D eigenvalue weighted by Gasteiger charge is -2.28. The van der Waals surface area contributed by atoms with E-state index in [0.717, 1.165) is 31.5 Å². The molecule has 2 amide bonds. The van der Waals surface area contributed by atoms with Gasteiger partial charge in [0.15, 0.2) is 11.6 Å². The number of fused-ring (bicyclic) bond motifs is 1. The molecule has 1 fully saturated rings. The predicted molar refractivity (Wildman–Crippen MR) is 109 cm³/mol. The molecule has 3 N–H and O–H groups in total. The van der Waals surface area contributed by atoms with Crippen molar-refractivity contribution in [1.82, 2.24) is 10.6 Å². The molecule has 2 aliphatic heterocycles. The van der Waals surface area contributed by atoms with E-state index in [1.165, 1.54) is 6.07 Å². The first-order valence-electron chi connectivity index (χ1n) is 10.2. The van der Waals surface area contributed by atoms with Crippen molar-refractivity contribution >= 4 is 17.7 Å². The molecule has 0 aliphatic carbocycles. The highest BCUT2D eigenvalue weighted by atomic mass is 19.2.